The van der Waals surface area contributed by atoms with Crippen LogP contribution in [0.15, 0.2) is 53.7 Å². The Morgan fingerprint density at radius 2 is 1.81 bits per heavy atom. The number of carbonyl (C=O) groups is 2. The number of carbonyl (C=O) groups excluding carboxylic acids is 2. The molecule has 0 bridgehead atoms. The molecule has 2 aromatic rings. The van der Waals surface area contributed by atoms with Crippen LogP contribution in [0.3, 0.4) is 0 Å². The first kappa shape index (κ1) is 25.2. The van der Waals surface area contributed by atoms with E-state index in [0.29, 0.717) is 23.4 Å². The molecule has 1 atom stereocenters. The zero-order valence-electron chi connectivity index (χ0n) is 20.7. The number of nitro groups is 1. The number of hydrogen-bond acceptors (Lipinski definition) is 7. The van der Waals surface area contributed by atoms with Gasteiger partial charge in [-0.1, -0.05) is 17.7 Å². The summed E-state index contributed by atoms with van der Waals surface area (Å²) in [5.41, 5.74) is 4.99. The quantitative estimate of drug-likeness (QED) is 0.346. The molecule has 2 heterocycles. The van der Waals surface area contributed by atoms with Gasteiger partial charge in [0.05, 0.1) is 23.1 Å². The van der Waals surface area contributed by atoms with Gasteiger partial charge in [-0.3, -0.25) is 15.0 Å². The van der Waals surface area contributed by atoms with Crippen molar-refractivity contribution in [3.8, 4) is 0 Å². The third kappa shape index (κ3) is 5.49. The van der Waals surface area contributed by atoms with Gasteiger partial charge in [-0.2, -0.15) is 0 Å². The Morgan fingerprint density at radius 1 is 1.11 bits per heavy atom. The first-order valence-electron chi connectivity index (χ1n) is 12.0. The van der Waals surface area contributed by atoms with Crippen LogP contribution in [-0.4, -0.2) is 61.2 Å². The molecule has 0 aliphatic carbocycles. The van der Waals surface area contributed by atoms with Gasteiger partial charge in [0.2, 0.25) is 0 Å². The molecule has 0 saturated carbocycles. The van der Waals surface area contributed by atoms with Crippen LogP contribution in [0.4, 0.5) is 16.2 Å². The third-order valence-corrected chi connectivity index (χ3v) is 6.53. The fourth-order valence-electron chi connectivity index (χ4n) is 4.76. The van der Waals surface area contributed by atoms with Gasteiger partial charge in [0, 0.05) is 56.2 Å². The maximum absolute atomic E-state index is 13.0. The highest BCUT2D eigenvalue weighted by Gasteiger charge is 2.35. The fourth-order valence-corrected chi connectivity index (χ4v) is 4.76. The van der Waals surface area contributed by atoms with Crippen molar-refractivity contribution in [3.63, 3.8) is 0 Å². The number of anilines is 1. The van der Waals surface area contributed by atoms with Crippen LogP contribution >= 0.6 is 0 Å². The number of nitro benzene ring substituents is 1. The van der Waals surface area contributed by atoms with Crippen LogP contribution < -0.4 is 15.5 Å². The molecule has 0 radical (unpaired) electrons. The van der Waals surface area contributed by atoms with E-state index in [9.17, 15) is 19.7 Å². The number of amides is 2. The maximum Gasteiger partial charge on any atom is 0.338 e. The monoisotopic (exact) mass is 493 g/mol. The standard InChI is InChI=1S/C26H31N5O5/c1-4-36-25(32)23-21(27-26(33)28-24(23)19-6-8-20(9-7-19)31(34)35)16-29-11-13-30(14-12-29)22-10-5-17(2)15-18(22)3/h5-10,15,24H,4,11-14,16H2,1-3H3,(H2,27,28,33). The first-order chi connectivity index (χ1) is 17.3. The fraction of sp³-hybridized carbons (Fsp3) is 0.385. The van der Waals surface area contributed by atoms with Crippen molar-refractivity contribution in [2.45, 2.75) is 26.8 Å². The number of ether oxygens (including phenoxy) is 1. The lowest BCUT2D eigenvalue weighted by Gasteiger charge is -2.38. The molecular weight excluding hydrogens is 462 g/mol. The summed E-state index contributed by atoms with van der Waals surface area (Å²) in [5, 5.41) is 16.6. The van der Waals surface area contributed by atoms with Crippen LogP contribution in [0.25, 0.3) is 0 Å². The number of urea groups is 1. The Balaban J connectivity index is 1.56. The van der Waals surface area contributed by atoms with Crippen LogP contribution in [0, 0.1) is 24.0 Å². The third-order valence-electron chi connectivity index (χ3n) is 6.53. The maximum atomic E-state index is 13.0. The molecule has 36 heavy (non-hydrogen) atoms. The Kier molecular flexibility index (Phi) is 7.54. The molecule has 10 heteroatoms. The van der Waals surface area contributed by atoms with Crippen molar-refractivity contribution in [1.82, 2.24) is 15.5 Å². The van der Waals surface area contributed by atoms with Gasteiger partial charge in [-0.05, 0) is 50.1 Å². The molecule has 2 aromatic carbocycles. The number of piperazine rings is 1. The number of non-ortho nitro benzene ring substituents is 1. The number of esters is 1. The van der Waals surface area contributed by atoms with Gasteiger partial charge in [0.15, 0.2) is 0 Å². The van der Waals surface area contributed by atoms with Gasteiger partial charge in [-0.15, -0.1) is 0 Å². The molecule has 1 saturated heterocycles. The Morgan fingerprint density at radius 3 is 2.42 bits per heavy atom. The molecule has 0 aromatic heterocycles. The minimum atomic E-state index is -0.773. The molecule has 2 aliphatic rings. The summed E-state index contributed by atoms with van der Waals surface area (Å²) in [5.74, 6) is -0.530. The van der Waals surface area contributed by atoms with Crippen molar-refractivity contribution < 1.29 is 19.2 Å². The zero-order chi connectivity index (χ0) is 25.8. The Hall–Kier alpha value is -3.92. The van der Waals surface area contributed by atoms with E-state index in [1.807, 2.05) is 0 Å². The topological polar surface area (TPSA) is 117 Å². The van der Waals surface area contributed by atoms with Crippen molar-refractivity contribution in [2.24, 2.45) is 0 Å². The summed E-state index contributed by atoms with van der Waals surface area (Å²) in [4.78, 5) is 40.7. The number of nitrogens with zero attached hydrogens (tertiary/aromatic N) is 3. The molecule has 1 unspecified atom stereocenters. The van der Waals surface area contributed by atoms with Crippen molar-refractivity contribution in [1.29, 1.82) is 0 Å². The van der Waals surface area contributed by atoms with Crippen molar-refractivity contribution >= 4 is 23.4 Å². The Bertz CT molecular complexity index is 1190. The van der Waals surface area contributed by atoms with Crippen molar-refractivity contribution in [3.05, 3.63) is 80.5 Å². The van der Waals surface area contributed by atoms with E-state index in [4.69, 9.17) is 4.74 Å². The average Bonchev–Trinajstić information content (AvgIpc) is 2.84. The molecule has 2 aliphatic heterocycles. The van der Waals surface area contributed by atoms with E-state index >= 15 is 0 Å². The van der Waals surface area contributed by atoms with Crippen LogP contribution in [0.1, 0.15) is 29.7 Å². The lowest BCUT2D eigenvalue weighted by molar-refractivity contribution is -0.384. The van der Waals surface area contributed by atoms with Gasteiger partial charge in [0.25, 0.3) is 5.69 Å². The SMILES string of the molecule is CCOC(=O)C1=C(CN2CCN(c3ccc(C)cc3C)CC2)NC(=O)NC1c1ccc([N+](=O)[O-])cc1. The van der Waals surface area contributed by atoms with Crippen LogP contribution in [-0.2, 0) is 9.53 Å². The second-order valence-corrected chi connectivity index (χ2v) is 9.05. The highest BCUT2D eigenvalue weighted by Crippen LogP contribution is 2.30. The normalized spacial score (nSPS) is 18.5. The lowest BCUT2D eigenvalue weighted by Crippen LogP contribution is -2.52. The summed E-state index contributed by atoms with van der Waals surface area (Å²) in [6.45, 7) is 9.66. The van der Waals surface area contributed by atoms with E-state index in [1.165, 1.54) is 28.9 Å². The van der Waals surface area contributed by atoms with Crippen LogP contribution in [0.2, 0.25) is 0 Å². The van der Waals surface area contributed by atoms with Gasteiger partial charge in [-0.25, -0.2) is 9.59 Å². The lowest BCUT2D eigenvalue weighted by atomic mass is 9.94. The molecule has 1 fully saturated rings. The van der Waals surface area contributed by atoms with E-state index in [0.717, 1.165) is 26.2 Å². The molecular formula is C26H31N5O5. The average molecular weight is 494 g/mol. The molecule has 2 N–H and O–H groups in total. The minimum Gasteiger partial charge on any atom is -0.463 e. The van der Waals surface area contributed by atoms with Crippen LogP contribution in [0.5, 0.6) is 0 Å². The summed E-state index contributed by atoms with van der Waals surface area (Å²) in [6.07, 6.45) is 0. The molecule has 190 valence electrons. The Labute approximate surface area is 210 Å². The molecule has 10 nitrogen and oxygen atoms in total. The molecule has 0 spiro atoms. The largest absolute Gasteiger partial charge is 0.463 e. The number of hydrogen-bond donors (Lipinski definition) is 2. The van der Waals surface area contributed by atoms with Crippen molar-refractivity contribution in [2.75, 3.05) is 44.2 Å². The highest BCUT2D eigenvalue weighted by atomic mass is 16.6. The zero-order valence-corrected chi connectivity index (χ0v) is 20.7. The van der Waals surface area contributed by atoms with Gasteiger partial charge < -0.3 is 20.3 Å². The van der Waals surface area contributed by atoms with E-state index in [1.54, 1.807) is 19.1 Å². The number of aryl methyl sites for hydroxylation is 2. The molecule has 2 amide bonds. The highest BCUT2D eigenvalue weighted by molar-refractivity contribution is 5.95. The number of nitrogens with one attached hydrogen (secondary N) is 2. The van der Waals surface area contributed by atoms with E-state index < -0.39 is 23.0 Å². The summed E-state index contributed by atoms with van der Waals surface area (Å²) < 4.78 is 5.32. The molecule has 4 rings (SSSR count). The van der Waals surface area contributed by atoms with E-state index in [-0.39, 0.29) is 12.3 Å². The predicted octanol–water partition coefficient (Wildman–Crippen LogP) is 3.20. The first-order valence-corrected chi connectivity index (χ1v) is 12.0. The summed E-state index contributed by atoms with van der Waals surface area (Å²) in [6, 6.07) is 11.1. The smallest absolute Gasteiger partial charge is 0.338 e. The number of rotatable bonds is 7. The second kappa shape index (κ2) is 10.8. The second-order valence-electron chi connectivity index (χ2n) is 9.05. The van der Waals surface area contributed by atoms with E-state index in [2.05, 4.69) is 52.5 Å². The predicted molar refractivity (Wildman–Crippen MR) is 136 cm³/mol. The van der Waals surface area contributed by atoms with Gasteiger partial charge in [0.1, 0.15) is 0 Å². The number of benzene rings is 2. The summed E-state index contributed by atoms with van der Waals surface area (Å²) >= 11 is 0. The summed E-state index contributed by atoms with van der Waals surface area (Å²) in [7, 11) is 0. The minimum absolute atomic E-state index is 0.0671. The van der Waals surface area contributed by atoms with Gasteiger partial charge >= 0.3 is 12.0 Å².